The number of hydrogen-bond donors (Lipinski definition) is 1. The molecule has 104 valence electrons. The normalized spacial score (nSPS) is 11.3. The van der Waals surface area contributed by atoms with Crippen molar-refractivity contribution in [1.29, 1.82) is 0 Å². The SMILES string of the molecule is CCNCc1ccc2ccn(Cc3cnn(C)c3)c2c1. The third-order valence-electron chi connectivity index (χ3n) is 3.53. The largest absolute Gasteiger partial charge is 0.343 e. The molecule has 0 aliphatic carbocycles. The van der Waals surface area contributed by atoms with Gasteiger partial charge in [-0.15, -0.1) is 0 Å². The maximum atomic E-state index is 4.23. The minimum Gasteiger partial charge on any atom is -0.343 e. The molecule has 0 bridgehead atoms. The summed E-state index contributed by atoms with van der Waals surface area (Å²) in [6.07, 6.45) is 6.14. The molecular formula is C16H20N4. The van der Waals surface area contributed by atoms with Crippen LogP contribution in [0.5, 0.6) is 0 Å². The second-order valence-electron chi connectivity index (χ2n) is 5.14. The van der Waals surface area contributed by atoms with Gasteiger partial charge in [0.25, 0.3) is 0 Å². The predicted molar refractivity (Wildman–Crippen MR) is 81.6 cm³/mol. The number of aromatic nitrogens is 3. The van der Waals surface area contributed by atoms with Gasteiger partial charge in [-0.3, -0.25) is 4.68 Å². The molecule has 1 N–H and O–H groups in total. The van der Waals surface area contributed by atoms with Crippen molar-refractivity contribution in [3.8, 4) is 0 Å². The molecule has 0 radical (unpaired) electrons. The average molecular weight is 268 g/mol. The van der Waals surface area contributed by atoms with Gasteiger partial charge >= 0.3 is 0 Å². The second-order valence-corrected chi connectivity index (χ2v) is 5.14. The maximum Gasteiger partial charge on any atom is 0.0539 e. The average Bonchev–Trinajstić information content (AvgIpc) is 3.04. The Labute approximate surface area is 119 Å². The molecule has 20 heavy (non-hydrogen) atoms. The molecule has 1 aromatic carbocycles. The van der Waals surface area contributed by atoms with Gasteiger partial charge < -0.3 is 9.88 Å². The molecule has 0 atom stereocenters. The number of rotatable bonds is 5. The lowest BCUT2D eigenvalue weighted by atomic mass is 10.1. The molecule has 4 nitrogen and oxygen atoms in total. The monoisotopic (exact) mass is 268 g/mol. The first kappa shape index (κ1) is 12.9. The van der Waals surface area contributed by atoms with E-state index >= 15 is 0 Å². The third-order valence-corrected chi connectivity index (χ3v) is 3.53. The van der Waals surface area contributed by atoms with Crippen LogP contribution < -0.4 is 5.32 Å². The Kier molecular flexibility index (Phi) is 3.56. The summed E-state index contributed by atoms with van der Waals surface area (Å²) in [5.74, 6) is 0. The van der Waals surface area contributed by atoms with E-state index in [1.807, 2.05) is 17.9 Å². The molecular weight excluding hydrogens is 248 g/mol. The highest BCUT2D eigenvalue weighted by Gasteiger charge is 2.04. The topological polar surface area (TPSA) is 34.8 Å². The molecule has 3 rings (SSSR count). The molecule has 0 fully saturated rings. The van der Waals surface area contributed by atoms with E-state index < -0.39 is 0 Å². The van der Waals surface area contributed by atoms with Gasteiger partial charge in [0.15, 0.2) is 0 Å². The molecule has 2 heterocycles. The van der Waals surface area contributed by atoms with E-state index in [4.69, 9.17) is 0 Å². The summed E-state index contributed by atoms with van der Waals surface area (Å²) < 4.78 is 4.12. The fourth-order valence-corrected chi connectivity index (χ4v) is 2.50. The van der Waals surface area contributed by atoms with E-state index in [0.29, 0.717) is 0 Å². The summed E-state index contributed by atoms with van der Waals surface area (Å²) in [6.45, 7) is 4.91. The molecule has 0 amide bonds. The Balaban J connectivity index is 1.90. The van der Waals surface area contributed by atoms with Crippen LogP contribution in [-0.2, 0) is 20.1 Å². The second kappa shape index (κ2) is 5.51. The number of nitrogens with zero attached hydrogens (tertiary/aromatic N) is 3. The van der Waals surface area contributed by atoms with Crippen molar-refractivity contribution in [3.05, 3.63) is 54.0 Å². The smallest absolute Gasteiger partial charge is 0.0539 e. The first-order valence-corrected chi connectivity index (χ1v) is 7.02. The van der Waals surface area contributed by atoms with Crippen LogP contribution in [0.2, 0.25) is 0 Å². The zero-order valence-electron chi connectivity index (χ0n) is 12.0. The van der Waals surface area contributed by atoms with Crippen molar-refractivity contribution in [2.45, 2.75) is 20.0 Å². The number of nitrogens with one attached hydrogen (secondary N) is 1. The summed E-state index contributed by atoms with van der Waals surface area (Å²) in [5, 5.41) is 8.89. The Morgan fingerprint density at radius 3 is 2.85 bits per heavy atom. The molecule has 0 aliphatic rings. The molecule has 0 saturated carbocycles. The van der Waals surface area contributed by atoms with Crippen LogP contribution in [0, 0.1) is 0 Å². The number of aryl methyl sites for hydroxylation is 1. The van der Waals surface area contributed by atoms with Gasteiger partial charge in [0.2, 0.25) is 0 Å². The van der Waals surface area contributed by atoms with Gasteiger partial charge in [0.05, 0.1) is 12.7 Å². The highest BCUT2D eigenvalue weighted by atomic mass is 15.2. The molecule has 0 unspecified atom stereocenters. The molecule has 2 aromatic heterocycles. The van der Waals surface area contributed by atoms with E-state index in [9.17, 15) is 0 Å². The van der Waals surface area contributed by atoms with Crippen molar-refractivity contribution < 1.29 is 0 Å². The van der Waals surface area contributed by atoms with Gasteiger partial charge in [-0.05, 0) is 29.6 Å². The summed E-state index contributed by atoms with van der Waals surface area (Å²) in [5.41, 5.74) is 3.83. The fourth-order valence-electron chi connectivity index (χ4n) is 2.50. The fraction of sp³-hybridized carbons (Fsp3) is 0.312. The van der Waals surface area contributed by atoms with Crippen LogP contribution in [0.1, 0.15) is 18.1 Å². The predicted octanol–water partition coefficient (Wildman–Crippen LogP) is 2.53. The summed E-state index contributed by atoms with van der Waals surface area (Å²) in [4.78, 5) is 0. The van der Waals surface area contributed by atoms with E-state index in [1.165, 1.54) is 22.0 Å². The highest BCUT2D eigenvalue weighted by Crippen LogP contribution is 2.19. The lowest BCUT2D eigenvalue weighted by Gasteiger charge is -2.06. The quantitative estimate of drug-likeness (QED) is 0.771. The third kappa shape index (κ3) is 2.60. The van der Waals surface area contributed by atoms with Crippen LogP contribution in [0.15, 0.2) is 42.9 Å². The zero-order valence-corrected chi connectivity index (χ0v) is 12.0. The summed E-state index contributed by atoms with van der Waals surface area (Å²) >= 11 is 0. The van der Waals surface area contributed by atoms with Crippen molar-refractivity contribution in [2.24, 2.45) is 7.05 Å². The number of benzene rings is 1. The number of hydrogen-bond acceptors (Lipinski definition) is 2. The van der Waals surface area contributed by atoms with Gasteiger partial charge in [0.1, 0.15) is 0 Å². The van der Waals surface area contributed by atoms with Gasteiger partial charge in [-0.25, -0.2) is 0 Å². The highest BCUT2D eigenvalue weighted by molar-refractivity contribution is 5.80. The minimum absolute atomic E-state index is 0.863. The first-order valence-electron chi connectivity index (χ1n) is 7.02. The Bertz CT molecular complexity index is 708. The lowest BCUT2D eigenvalue weighted by molar-refractivity contribution is 0.726. The Hall–Kier alpha value is -2.07. The van der Waals surface area contributed by atoms with E-state index in [1.54, 1.807) is 0 Å². The zero-order chi connectivity index (χ0) is 13.9. The lowest BCUT2D eigenvalue weighted by Crippen LogP contribution is -2.11. The Morgan fingerprint density at radius 1 is 1.20 bits per heavy atom. The minimum atomic E-state index is 0.863. The van der Waals surface area contributed by atoms with Crippen molar-refractivity contribution in [1.82, 2.24) is 19.7 Å². The van der Waals surface area contributed by atoms with E-state index in [-0.39, 0.29) is 0 Å². The molecule has 3 aromatic rings. The maximum absolute atomic E-state index is 4.23. The summed E-state index contributed by atoms with van der Waals surface area (Å²) in [7, 11) is 1.95. The van der Waals surface area contributed by atoms with Crippen molar-refractivity contribution in [3.63, 3.8) is 0 Å². The van der Waals surface area contributed by atoms with Gasteiger partial charge in [-0.2, -0.15) is 5.10 Å². The molecule has 0 aliphatic heterocycles. The molecule has 0 spiro atoms. The molecule has 0 saturated heterocycles. The first-order chi connectivity index (χ1) is 9.76. The van der Waals surface area contributed by atoms with Crippen LogP contribution in [0.3, 0.4) is 0 Å². The van der Waals surface area contributed by atoms with E-state index in [2.05, 4.69) is 58.6 Å². The van der Waals surface area contributed by atoms with Crippen LogP contribution in [0.25, 0.3) is 10.9 Å². The van der Waals surface area contributed by atoms with Crippen LogP contribution in [0.4, 0.5) is 0 Å². The van der Waals surface area contributed by atoms with Crippen LogP contribution in [-0.4, -0.2) is 20.9 Å². The molecule has 4 heteroatoms. The Morgan fingerprint density at radius 2 is 2.10 bits per heavy atom. The standard InChI is InChI=1S/C16H20N4/c1-3-17-9-13-4-5-15-6-7-20(16(15)8-13)12-14-10-18-19(2)11-14/h4-8,10-11,17H,3,9,12H2,1-2H3. The van der Waals surface area contributed by atoms with Gasteiger partial charge in [-0.1, -0.05) is 19.1 Å². The van der Waals surface area contributed by atoms with Crippen LogP contribution >= 0.6 is 0 Å². The van der Waals surface area contributed by atoms with E-state index in [0.717, 1.165) is 19.6 Å². The van der Waals surface area contributed by atoms with Crippen molar-refractivity contribution in [2.75, 3.05) is 6.54 Å². The summed E-state index contributed by atoms with van der Waals surface area (Å²) in [6, 6.07) is 8.83. The van der Waals surface area contributed by atoms with Gasteiger partial charge in [0, 0.05) is 37.1 Å². The van der Waals surface area contributed by atoms with Crippen molar-refractivity contribution >= 4 is 10.9 Å². The number of fused-ring (bicyclic) bond motifs is 1.